The molecule has 4 rings (SSSR count). The molecule has 4 amide bonds. The Balaban J connectivity index is 1.46. The zero-order chi connectivity index (χ0) is 18.3. The van der Waals surface area contributed by atoms with Crippen LogP contribution in [0.3, 0.4) is 0 Å². The lowest BCUT2D eigenvalue weighted by Crippen LogP contribution is -2.38. The highest BCUT2D eigenvalue weighted by molar-refractivity contribution is 5.96. The van der Waals surface area contributed by atoms with E-state index in [0.29, 0.717) is 31.7 Å². The van der Waals surface area contributed by atoms with E-state index in [0.717, 1.165) is 18.5 Å². The van der Waals surface area contributed by atoms with Crippen molar-refractivity contribution in [1.29, 1.82) is 0 Å². The second-order valence-electron chi connectivity index (χ2n) is 7.30. The first kappa shape index (κ1) is 16.7. The number of carbonyl (C=O) groups excluding carboxylic acids is 2. The van der Waals surface area contributed by atoms with E-state index in [-0.39, 0.29) is 24.5 Å². The summed E-state index contributed by atoms with van der Waals surface area (Å²) in [6.45, 7) is 1.92. The van der Waals surface area contributed by atoms with Crippen LogP contribution in [-0.2, 0) is 4.79 Å². The molecule has 1 saturated carbocycles. The highest BCUT2D eigenvalue weighted by Crippen LogP contribution is 2.48. The second-order valence-corrected chi connectivity index (χ2v) is 7.30. The van der Waals surface area contributed by atoms with E-state index in [4.69, 9.17) is 0 Å². The van der Waals surface area contributed by atoms with E-state index >= 15 is 0 Å². The number of carbonyl (C=O) groups is 3. The number of hydrogen-bond acceptors (Lipinski definition) is 3. The van der Waals surface area contributed by atoms with E-state index in [2.05, 4.69) is 10.6 Å². The number of nitrogens with one attached hydrogen (secondary N) is 2. The quantitative estimate of drug-likeness (QED) is 0.768. The monoisotopic (exact) mass is 358 g/mol. The van der Waals surface area contributed by atoms with Crippen molar-refractivity contribution in [1.82, 2.24) is 10.2 Å². The Morgan fingerprint density at radius 2 is 2.19 bits per heavy atom. The molecule has 2 saturated heterocycles. The Morgan fingerprint density at radius 1 is 1.35 bits per heavy atom. The van der Waals surface area contributed by atoms with Crippen LogP contribution in [0, 0.1) is 11.3 Å². The molecule has 8 nitrogen and oxygen atoms in total. The van der Waals surface area contributed by atoms with Crippen LogP contribution >= 0.6 is 0 Å². The number of benzene rings is 1. The molecule has 1 aliphatic carbocycles. The van der Waals surface area contributed by atoms with Crippen LogP contribution in [0.5, 0.6) is 0 Å². The summed E-state index contributed by atoms with van der Waals surface area (Å²) in [5.41, 5.74) is 0.527. The number of urea groups is 2. The molecule has 2 aliphatic heterocycles. The lowest BCUT2D eigenvalue weighted by molar-refractivity contribution is -0.149. The molecule has 0 spiro atoms. The first-order valence-electron chi connectivity index (χ1n) is 8.94. The fraction of sp³-hybridized carbons (Fsp3) is 0.500. The Hall–Kier alpha value is -2.77. The molecule has 2 atom stereocenters. The molecule has 3 N–H and O–H groups in total. The molecule has 1 aromatic carbocycles. The minimum absolute atomic E-state index is 0.0328. The standard InChI is InChI=1S/C18H22N4O4/c23-15(24)18-6-2-3-12(18)10-21(11-18)17(26)20-13-4-1-5-14(9-13)22-8-7-19-16(22)25/h1,4-5,9,12H,2-3,6-8,10-11H2,(H,19,25)(H,20,26)(H,23,24)/t12-,18+/m0/s1. The van der Waals surface area contributed by atoms with Gasteiger partial charge in [-0.05, 0) is 37.0 Å². The molecular formula is C18H22N4O4. The molecule has 0 radical (unpaired) electrons. The summed E-state index contributed by atoms with van der Waals surface area (Å²) in [5, 5.41) is 15.2. The number of rotatable bonds is 3. The lowest BCUT2D eigenvalue weighted by Gasteiger charge is -2.23. The number of carboxylic acids is 1. The molecule has 138 valence electrons. The van der Waals surface area contributed by atoms with Gasteiger partial charge in [0.1, 0.15) is 0 Å². The van der Waals surface area contributed by atoms with Gasteiger partial charge in [-0.2, -0.15) is 0 Å². The van der Waals surface area contributed by atoms with Gasteiger partial charge < -0.3 is 20.6 Å². The maximum atomic E-state index is 12.6. The average Bonchev–Trinajstić information content (AvgIpc) is 3.28. The van der Waals surface area contributed by atoms with Crippen molar-refractivity contribution in [3.63, 3.8) is 0 Å². The molecule has 0 aromatic heterocycles. The van der Waals surface area contributed by atoms with Gasteiger partial charge in [0.2, 0.25) is 0 Å². The van der Waals surface area contributed by atoms with Crippen molar-refractivity contribution in [2.75, 3.05) is 36.4 Å². The molecule has 1 aromatic rings. The maximum Gasteiger partial charge on any atom is 0.321 e. The number of amides is 4. The first-order chi connectivity index (χ1) is 12.5. The van der Waals surface area contributed by atoms with Gasteiger partial charge in [0.15, 0.2) is 0 Å². The summed E-state index contributed by atoms with van der Waals surface area (Å²) < 4.78 is 0. The molecule has 8 heteroatoms. The summed E-state index contributed by atoms with van der Waals surface area (Å²) in [6, 6.07) is 6.69. The van der Waals surface area contributed by atoms with Crippen LogP contribution in [-0.4, -0.2) is 54.2 Å². The number of hydrogen-bond donors (Lipinski definition) is 3. The topological polar surface area (TPSA) is 102 Å². The molecule has 3 aliphatic rings. The summed E-state index contributed by atoms with van der Waals surface area (Å²) in [7, 11) is 0. The molecule has 26 heavy (non-hydrogen) atoms. The lowest BCUT2D eigenvalue weighted by atomic mass is 9.81. The number of nitrogens with zero attached hydrogens (tertiary/aromatic N) is 2. The van der Waals surface area contributed by atoms with Gasteiger partial charge in [0.25, 0.3) is 0 Å². The third kappa shape index (κ3) is 2.65. The van der Waals surface area contributed by atoms with Crippen LogP contribution in [0.25, 0.3) is 0 Å². The zero-order valence-corrected chi connectivity index (χ0v) is 14.4. The Bertz CT molecular complexity index is 767. The van der Waals surface area contributed by atoms with Crippen LogP contribution in [0.2, 0.25) is 0 Å². The SMILES string of the molecule is O=C(Nc1cccc(N2CCNC2=O)c1)N1C[C@@H]2CCC[C@@]2(C(=O)O)C1. The highest BCUT2D eigenvalue weighted by Gasteiger charge is 2.55. The second kappa shape index (κ2) is 6.19. The molecule has 2 heterocycles. The van der Waals surface area contributed by atoms with Crippen molar-refractivity contribution < 1.29 is 19.5 Å². The van der Waals surface area contributed by atoms with Crippen LogP contribution in [0.1, 0.15) is 19.3 Å². The highest BCUT2D eigenvalue weighted by atomic mass is 16.4. The van der Waals surface area contributed by atoms with Gasteiger partial charge in [-0.3, -0.25) is 9.69 Å². The predicted molar refractivity (Wildman–Crippen MR) is 95.2 cm³/mol. The maximum absolute atomic E-state index is 12.6. The fourth-order valence-electron chi connectivity index (χ4n) is 4.47. The summed E-state index contributed by atoms with van der Waals surface area (Å²) in [6.07, 6.45) is 2.40. The number of fused-ring (bicyclic) bond motifs is 1. The third-order valence-electron chi connectivity index (χ3n) is 5.85. The number of anilines is 2. The predicted octanol–water partition coefficient (Wildman–Crippen LogP) is 1.93. The fourth-order valence-corrected chi connectivity index (χ4v) is 4.47. The first-order valence-corrected chi connectivity index (χ1v) is 8.94. The zero-order valence-electron chi connectivity index (χ0n) is 14.4. The van der Waals surface area contributed by atoms with Gasteiger partial charge in [0.05, 0.1) is 5.41 Å². The molecule has 0 unspecified atom stereocenters. The van der Waals surface area contributed by atoms with E-state index in [9.17, 15) is 19.5 Å². The minimum Gasteiger partial charge on any atom is -0.481 e. The molecule has 3 fully saturated rings. The summed E-state index contributed by atoms with van der Waals surface area (Å²) in [4.78, 5) is 39.4. The number of likely N-dealkylation sites (tertiary alicyclic amines) is 1. The van der Waals surface area contributed by atoms with Gasteiger partial charge in [-0.15, -0.1) is 0 Å². The van der Waals surface area contributed by atoms with Gasteiger partial charge in [-0.1, -0.05) is 12.5 Å². The summed E-state index contributed by atoms with van der Waals surface area (Å²) >= 11 is 0. The minimum atomic E-state index is -0.794. The third-order valence-corrected chi connectivity index (χ3v) is 5.85. The van der Waals surface area contributed by atoms with E-state index in [1.54, 1.807) is 28.0 Å². The van der Waals surface area contributed by atoms with Gasteiger partial charge >= 0.3 is 18.0 Å². The van der Waals surface area contributed by atoms with Gasteiger partial charge in [-0.25, -0.2) is 9.59 Å². The van der Waals surface area contributed by atoms with Crippen LogP contribution < -0.4 is 15.5 Å². The largest absolute Gasteiger partial charge is 0.481 e. The summed E-state index contributed by atoms with van der Waals surface area (Å²) in [5.74, 6) is -0.761. The van der Waals surface area contributed by atoms with Crippen molar-refractivity contribution >= 4 is 29.4 Å². The van der Waals surface area contributed by atoms with Crippen molar-refractivity contribution in [3.05, 3.63) is 24.3 Å². The van der Waals surface area contributed by atoms with Crippen LogP contribution in [0.15, 0.2) is 24.3 Å². The van der Waals surface area contributed by atoms with Crippen molar-refractivity contribution in [2.24, 2.45) is 11.3 Å². The van der Waals surface area contributed by atoms with Gasteiger partial charge in [0, 0.05) is 37.6 Å². The Labute approximate surface area is 151 Å². The number of aliphatic carboxylic acids is 1. The van der Waals surface area contributed by atoms with E-state index < -0.39 is 11.4 Å². The number of carboxylic acid groups (broad SMARTS) is 1. The van der Waals surface area contributed by atoms with Crippen molar-refractivity contribution in [2.45, 2.75) is 19.3 Å². The van der Waals surface area contributed by atoms with E-state index in [1.807, 2.05) is 6.07 Å². The van der Waals surface area contributed by atoms with Crippen molar-refractivity contribution in [3.8, 4) is 0 Å². The average molecular weight is 358 g/mol. The Morgan fingerprint density at radius 3 is 2.88 bits per heavy atom. The normalized spacial score (nSPS) is 27.4. The van der Waals surface area contributed by atoms with E-state index in [1.165, 1.54) is 0 Å². The molecular weight excluding hydrogens is 336 g/mol. The smallest absolute Gasteiger partial charge is 0.321 e. The van der Waals surface area contributed by atoms with Crippen LogP contribution in [0.4, 0.5) is 21.0 Å². The molecule has 0 bridgehead atoms. The Kier molecular flexibility index (Phi) is 3.97.